The van der Waals surface area contributed by atoms with E-state index in [0.717, 1.165) is 0 Å². The third kappa shape index (κ3) is 4.72. The maximum absolute atomic E-state index is 12.8. The third-order valence-electron chi connectivity index (χ3n) is 2.45. The zero-order valence-electron chi connectivity index (χ0n) is 9.10. The molecule has 8 heteroatoms. The Labute approximate surface area is 113 Å². The van der Waals surface area contributed by atoms with Crippen molar-refractivity contribution in [3.63, 3.8) is 0 Å². The molecule has 0 saturated heterocycles. The molecule has 0 aromatic carbocycles. The molecule has 0 saturated carbocycles. The molecule has 0 bridgehead atoms. The van der Waals surface area contributed by atoms with Gasteiger partial charge >= 0.3 is 5.97 Å². The van der Waals surface area contributed by atoms with Crippen LogP contribution in [0, 0.1) is 5.41 Å². The Balaban J connectivity index is 4.64. The molecule has 0 aromatic heterocycles. The van der Waals surface area contributed by atoms with E-state index in [1.165, 1.54) is 13.8 Å². The maximum atomic E-state index is 12.8. The second-order valence-electron chi connectivity index (χ2n) is 4.13. The van der Waals surface area contributed by atoms with Gasteiger partial charge in [-0.3, -0.25) is 0 Å². The lowest BCUT2D eigenvalue weighted by Gasteiger charge is -2.33. The Hall–Kier alpha value is 0.130. The van der Waals surface area contributed by atoms with Gasteiger partial charge in [-0.2, -0.15) is 0 Å². The van der Waals surface area contributed by atoms with Crippen molar-refractivity contribution < 1.29 is 22.3 Å². The lowest BCUT2D eigenvalue weighted by atomic mass is 9.82. The molecule has 3 atom stereocenters. The minimum absolute atomic E-state index is 0.620. The Morgan fingerprint density at radius 1 is 1.29 bits per heavy atom. The first-order valence-corrected chi connectivity index (χ1v) is 5.85. The fraction of sp³-hybridized carbons (Fsp3) is 0.889. The highest BCUT2D eigenvalue weighted by molar-refractivity contribution is 6.33. The van der Waals surface area contributed by atoms with Crippen LogP contribution in [0.2, 0.25) is 0 Å². The van der Waals surface area contributed by atoms with Crippen molar-refractivity contribution in [3.05, 3.63) is 0 Å². The molecule has 102 valence electrons. The van der Waals surface area contributed by atoms with Gasteiger partial charge in [-0.15, -0.1) is 23.2 Å². The van der Waals surface area contributed by atoms with Crippen LogP contribution in [0.3, 0.4) is 0 Å². The van der Waals surface area contributed by atoms with Crippen LogP contribution in [-0.4, -0.2) is 29.3 Å². The highest BCUT2D eigenvalue weighted by Gasteiger charge is 2.42. The van der Waals surface area contributed by atoms with Gasteiger partial charge in [0.25, 0.3) is 6.43 Å². The van der Waals surface area contributed by atoms with E-state index < -0.39 is 41.2 Å². The minimum Gasteiger partial charge on any atom is -0.346 e. The molecule has 0 aliphatic carbocycles. The molecule has 0 spiro atoms. The molecule has 0 aliphatic heterocycles. The zero-order valence-corrected chi connectivity index (χ0v) is 11.4. The smallest absolute Gasteiger partial charge is 0.343 e. The van der Waals surface area contributed by atoms with Gasteiger partial charge < -0.3 is 4.29 Å². The van der Waals surface area contributed by atoms with E-state index in [1.54, 1.807) is 0 Å². The molecule has 0 aromatic rings. The molecule has 0 aliphatic rings. The van der Waals surface area contributed by atoms with Gasteiger partial charge in [0.2, 0.25) is 0 Å². The summed E-state index contributed by atoms with van der Waals surface area (Å²) >= 11 is 16.4. The van der Waals surface area contributed by atoms with Gasteiger partial charge in [0, 0.05) is 17.2 Å². The molecule has 0 radical (unpaired) electrons. The summed E-state index contributed by atoms with van der Waals surface area (Å²) in [6.07, 6.45) is -6.11. The van der Waals surface area contributed by atoms with E-state index in [9.17, 15) is 18.0 Å². The first-order chi connectivity index (χ1) is 7.64. The van der Waals surface area contributed by atoms with Crippen LogP contribution in [0.15, 0.2) is 0 Å². The van der Waals surface area contributed by atoms with Gasteiger partial charge in [0.1, 0.15) is 17.2 Å². The predicted octanol–water partition coefficient (Wildman–Crippen LogP) is 3.92. The quantitative estimate of drug-likeness (QED) is 0.695. The van der Waals surface area contributed by atoms with Crippen molar-refractivity contribution in [2.24, 2.45) is 5.41 Å². The van der Waals surface area contributed by atoms with Crippen LogP contribution in [0.1, 0.15) is 20.3 Å². The summed E-state index contributed by atoms with van der Waals surface area (Å²) < 4.78 is 40.8. The van der Waals surface area contributed by atoms with E-state index >= 15 is 0 Å². The average molecular weight is 316 g/mol. The predicted molar refractivity (Wildman–Crippen MR) is 60.5 cm³/mol. The number of hydrogen-bond acceptors (Lipinski definition) is 2. The lowest BCUT2D eigenvalue weighted by Crippen LogP contribution is -2.41. The van der Waals surface area contributed by atoms with Gasteiger partial charge in [-0.05, 0) is 0 Å². The van der Waals surface area contributed by atoms with Crippen molar-refractivity contribution in [2.45, 2.75) is 43.6 Å². The molecule has 17 heavy (non-hydrogen) atoms. The summed E-state index contributed by atoms with van der Waals surface area (Å²) in [4.78, 5) is 11.1. The SMILES string of the molecule is CC(C)(C(Cl)CC(F)C(F)F)C(Cl)C(=O)OCl. The maximum Gasteiger partial charge on any atom is 0.343 e. The second kappa shape index (κ2) is 6.90. The van der Waals surface area contributed by atoms with Crippen LogP contribution in [0.5, 0.6) is 0 Å². The number of hydrogen-bond donors (Lipinski definition) is 0. The van der Waals surface area contributed by atoms with Crippen LogP contribution in [0.4, 0.5) is 13.2 Å². The third-order valence-corrected chi connectivity index (χ3v) is 4.08. The first-order valence-electron chi connectivity index (χ1n) is 4.67. The fourth-order valence-electron chi connectivity index (χ4n) is 1.11. The van der Waals surface area contributed by atoms with Crippen molar-refractivity contribution in [1.82, 2.24) is 0 Å². The van der Waals surface area contributed by atoms with Crippen LogP contribution in [-0.2, 0) is 9.08 Å². The standard InChI is InChI=1S/C9H12Cl3F3O2/c1-9(2,6(11)8(16)17-12)5(10)3-4(13)7(14)15/h4-7H,3H2,1-2H3. The van der Waals surface area contributed by atoms with E-state index in [-0.39, 0.29) is 0 Å². The summed E-state index contributed by atoms with van der Waals surface area (Å²) in [6.45, 7) is 2.88. The summed E-state index contributed by atoms with van der Waals surface area (Å²) in [5.74, 6) is -0.962. The molecular formula is C9H12Cl3F3O2. The minimum atomic E-state index is -3.12. The highest BCUT2D eigenvalue weighted by Crippen LogP contribution is 2.37. The fourth-order valence-corrected chi connectivity index (χ4v) is 1.80. The van der Waals surface area contributed by atoms with Crippen molar-refractivity contribution in [3.8, 4) is 0 Å². The monoisotopic (exact) mass is 314 g/mol. The van der Waals surface area contributed by atoms with Crippen LogP contribution < -0.4 is 0 Å². The highest BCUT2D eigenvalue weighted by atomic mass is 35.5. The van der Waals surface area contributed by atoms with Gasteiger partial charge in [-0.1, -0.05) is 13.8 Å². The lowest BCUT2D eigenvalue weighted by molar-refractivity contribution is -0.135. The molecule has 0 N–H and O–H groups in total. The molecule has 0 amide bonds. The largest absolute Gasteiger partial charge is 0.346 e. The summed E-state index contributed by atoms with van der Waals surface area (Å²) in [7, 11) is 0. The number of carbonyl (C=O) groups excluding carboxylic acids is 1. The Morgan fingerprint density at radius 3 is 2.12 bits per heavy atom. The molecule has 2 nitrogen and oxygen atoms in total. The Kier molecular flexibility index (Phi) is 6.95. The summed E-state index contributed by atoms with van der Waals surface area (Å²) in [6, 6.07) is 0. The van der Waals surface area contributed by atoms with Gasteiger partial charge in [0.05, 0.1) is 0 Å². The number of halogens is 6. The normalized spacial score (nSPS) is 17.7. The number of alkyl halides is 5. The average Bonchev–Trinajstić information content (AvgIpc) is 2.26. The van der Waals surface area contributed by atoms with Crippen LogP contribution >= 0.6 is 35.1 Å². The summed E-state index contributed by atoms with van der Waals surface area (Å²) in [5, 5.41) is -2.32. The number of rotatable bonds is 6. The molecular weight excluding hydrogens is 303 g/mol. The molecule has 0 rings (SSSR count). The molecule has 0 fully saturated rings. The van der Waals surface area contributed by atoms with E-state index in [2.05, 4.69) is 4.29 Å². The van der Waals surface area contributed by atoms with Crippen molar-refractivity contribution in [2.75, 3.05) is 0 Å². The van der Waals surface area contributed by atoms with Gasteiger partial charge in [-0.25, -0.2) is 18.0 Å². The van der Waals surface area contributed by atoms with Gasteiger partial charge in [0.15, 0.2) is 6.17 Å². The van der Waals surface area contributed by atoms with Crippen LogP contribution in [0.25, 0.3) is 0 Å². The van der Waals surface area contributed by atoms with E-state index in [4.69, 9.17) is 35.1 Å². The molecule has 0 heterocycles. The zero-order chi connectivity index (χ0) is 13.8. The first kappa shape index (κ1) is 17.1. The summed E-state index contributed by atoms with van der Waals surface area (Å²) in [5.41, 5.74) is -1.14. The van der Waals surface area contributed by atoms with E-state index in [1.807, 2.05) is 0 Å². The van der Waals surface area contributed by atoms with E-state index in [0.29, 0.717) is 0 Å². The second-order valence-corrected chi connectivity index (χ2v) is 5.25. The Morgan fingerprint density at radius 2 is 1.76 bits per heavy atom. The topological polar surface area (TPSA) is 26.3 Å². The van der Waals surface area contributed by atoms with Crippen molar-refractivity contribution in [1.29, 1.82) is 0 Å². The Bertz CT molecular complexity index is 264. The number of carbonyl (C=O) groups is 1. The molecule has 3 unspecified atom stereocenters. The van der Waals surface area contributed by atoms with Crippen molar-refractivity contribution >= 4 is 41.0 Å².